The van der Waals surface area contributed by atoms with Gasteiger partial charge in [-0.1, -0.05) is 80.0 Å². The van der Waals surface area contributed by atoms with E-state index in [0.29, 0.717) is 5.56 Å². The molecule has 0 aliphatic heterocycles. The van der Waals surface area contributed by atoms with Crippen molar-refractivity contribution in [2.24, 2.45) is 17.4 Å². The lowest BCUT2D eigenvalue weighted by molar-refractivity contribution is -0.139. The number of aromatic carboxylic acids is 1. The third kappa shape index (κ3) is 4.73. The molecule has 1 unspecified atom stereocenters. The number of anilines is 1. The van der Waals surface area contributed by atoms with Crippen molar-refractivity contribution in [3.8, 4) is 0 Å². The van der Waals surface area contributed by atoms with Crippen molar-refractivity contribution < 1.29 is 24.3 Å². The fourth-order valence-corrected chi connectivity index (χ4v) is 5.17. The first kappa shape index (κ1) is 27.2. The molecule has 3 aromatic carbocycles. The van der Waals surface area contributed by atoms with Crippen molar-refractivity contribution in [3.63, 3.8) is 0 Å². The van der Waals surface area contributed by atoms with E-state index in [1.54, 1.807) is 56.3 Å². The molecule has 37 heavy (non-hydrogen) atoms. The molecule has 0 radical (unpaired) electrons. The van der Waals surface area contributed by atoms with Crippen LogP contribution >= 0.6 is 11.6 Å². The summed E-state index contributed by atoms with van der Waals surface area (Å²) in [5.74, 6) is -3.86. The highest BCUT2D eigenvalue weighted by Gasteiger charge is 2.64. The van der Waals surface area contributed by atoms with Crippen LogP contribution in [0.4, 0.5) is 10.5 Å². The van der Waals surface area contributed by atoms with E-state index in [0.717, 1.165) is 0 Å². The van der Waals surface area contributed by atoms with E-state index >= 15 is 0 Å². The lowest BCUT2D eigenvalue weighted by atomic mass is 9.55. The minimum atomic E-state index is -2.26. The Morgan fingerprint density at radius 2 is 1.49 bits per heavy atom. The summed E-state index contributed by atoms with van der Waals surface area (Å²) < 4.78 is 0. The molecule has 9 nitrogen and oxygen atoms in total. The normalized spacial score (nSPS) is 14.2. The molecule has 0 fully saturated rings. The number of carbonyl (C=O) groups is 4. The van der Waals surface area contributed by atoms with Gasteiger partial charge in [-0.25, -0.2) is 9.59 Å². The number of carbonyl (C=O) groups excluding carboxylic acids is 3. The highest BCUT2D eigenvalue weighted by atomic mass is 35.5. The number of urea groups is 1. The number of amides is 4. The SMILES string of the molecule is CC(C)C(C(N)=O)(c1ccccc1)[C@](NC(=O)Nc1cccc(C(=O)O)c1)(C(N)=O)c1ccccc1Cl. The van der Waals surface area contributed by atoms with E-state index in [-0.39, 0.29) is 21.8 Å². The zero-order valence-corrected chi connectivity index (χ0v) is 21.0. The molecule has 2 atom stereocenters. The Morgan fingerprint density at radius 3 is 2.03 bits per heavy atom. The number of hydrogen-bond acceptors (Lipinski definition) is 4. The average molecular weight is 523 g/mol. The van der Waals surface area contributed by atoms with Gasteiger partial charge in [0.1, 0.15) is 5.41 Å². The van der Waals surface area contributed by atoms with Crippen LogP contribution in [-0.2, 0) is 20.5 Å². The second-order valence-electron chi connectivity index (χ2n) is 8.75. The zero-order valence-electron chi connectivity index (χ0n) is 20.2. The van der Waals surface area contributed by atoms with Crippen molar-refractivity contribution in [1.82, 2.24) is 5.32 Å². The Bertz CT molecular complexity index is 1350. The zero-order chi connectivity index (χ0) is 27.4. The summed E-state index contributed by atoms with van der Waals surface area (Å²) in [6, 6.07) is 19.1. The number of halogens is 1. The lowest BCUT2D eigenvalue weighted by Gasteiger charge is -2.50. The molecule has 10 heteroatoms. The fraction of sp³-hybridized carbons (Fsp3) is 0.185. The van der Waals surface area contributed by atoms with Crippen LogP contribution in [0.15, 0.2) is 78.9 Å². The van der Waals surface area contributed by atoms with Crippen LogP contribution in [0.1, 0.15) is 35.3 Å². The van der Waals surface area contributed by atoms with Gasteiger partial charge in [0.15, 0.2) is 5.54 Å². The fourth-order valence-electron chi connectivity index (χ4n) is 4.89. The number of hydrogen-bond donors (Lipinski definition) is 5. The van der Waals surface area contributed by atoms with Crippen LogP contribution in [0.5, 0.6) is 0 Å². The second-order valence-corrected chi connectivity index (χ2v) is 9.16. The summed E-state index contributed by atoms with van der Waals surface area (Å²) in [7, 11) is 0. The first-order valence-corrected chi connectivity index (χ1v) is 11.7. The maximum absolute atomic E-state index is 13.6. The molecule has 3 aromatic rings. The average Bonchev–Trinajstić information content (AvgIpc) is 2.84. The number of rotatable bonds is 9. The molecule has 7 N–H and O–H groups in total. The number of primary amides is 2. The van der Waals surface area contributed by atoms with Gasteiger partial charge in [0.2, 0.25) is 11.8 Å². The van der Waals surface area contributed by atoms with Gasteiger partial charge in [0.25, 0.3) is 0 Å². The van der Waals surface area contributed by atoms with Crippen LogP contribution in [0.25, 0.3) is 0 Å². The molecule has 0 heterocycles. The Morgan fingerprint density at radius 1 is 0.865 bits per heavy atom. The molecular weight excluding hydrogens is 496 g/mol. The number of benzene rings is 3. The van der Waals surface area contributed by atoms with E-state index in [1.165, 1.54) is 36.4 Å². The maximum atomic E-state index is 13.6. The first-order chi connectivity index (χ1) is 17.5. The van der Waals surface area contributed by atoms with Gasteiger partial charge < -0.3 is 27.2 Å². The summed E-state index contributed by atoms with van der Waals surface area (Å²) in [5, 5.41) is 14.5. The van der Waals surface area contributed by atoms with E-state index in [1.807, 2.05) is 0 Å². The third-order valence-corrected chi connectivity index (χ3v) is 6.72. The van der Waals surface area contributed by atoms with Gasteiger partial charge in [0.05, 0.1) is 5.56 Å². The van der Waals surface area contributed by atoms with E-state index in [9.17, 15) is 24.3 Å². The number of carboxylic acids is 1. The van der Waals surface area contributed by atoms with Crippen LogP contribution in [0, 0.1) is 5.92 Å². The molecular formula is C27H27ClN4O5. The van der Waals surface area contributed by atoms with Gasteiger partial charge in [-0.2, -0.15) is 0 Å². The van der Waals surface area contributed by atoms with Crippen LogP contribution in [-0.4, -0.2) is 28.9 Å². The molecule has 0 aliphatic rings. The Labute approximate surface area is 218 Å². The molecule has 4 amide bonds. The van der Waals surface area contributed by atoms with E-state index in [4.69, 9.17) is 23.1 Å². The highest BCUT2D eigenvalue weighted by Crippen LogP contribution is 2.49. The lowest BCUT2D eigenvalue weighted by Crippen LogP contribution is -2.72. The van der Waals surface area contributed by atoms with Gasteiger partial charge in [-0.05, 0) is 35.7 Å². The Kier molecular flexibility index (Phi) is 7.88. The Hall–Kier alpha value is -4.37. The predicted octanol–water partition coefficient (Wildman–Crippen LogP) is 3.62. The van der Waals surface area contributed by atoms with Gasteiger partial charge in [-0.15, -0.1) is 0 Å². The highest BCUT2D eigenvalue weighted by molar-refractivity contribution is 6.32. The molecule has 0 aromatic heterocycles. The summed E-state index contributed by atoms with van der Waals surface area (Å²) in [6.07, 6.45) is 0. The molecule has 0 saturated heterocycles. The van der Waals surface area contributed by atoms with E-state index in [2.05, 4.69) is 10.6 Å². The molecule has 0 spiro atoms. The standard InChI is InChI=1S/C27H27ClN4O5/c1-16(2)26(23(29)35,18-10-4-3-5-11-18)27(24(30)36,20-13-6-7-14-21(20)28)32-25(37)31-19-12-8-9-17(15-19)22(33)34/h3-16H,1-2H3,(H2,29,35)(H2,30,36)(H,33,34)(H2,31,32,37)/t26?,27-/m1/s1. The minimum absolute atomic E-state index is 0.0648. The topological polar surface area (TPSA) is 165 Å². The van der Waals surface area contributed by atoms with Crippen LogP contribution < -0.4 is 22.1 Å². The summed E-state index contributed by atoms with van der Waals surface area (Å²) in [4.78, 5) is 51.9. The van der Waals surface area contributed by atoms with Crippen LogP contribution in [0.2, 0.25) is 5.02 Å². The van der Waals surface area contributed by atoms with Gasteiger partial charge >= 0.3 is 12.0 Å². The predicted molar refractivity (Wildman–Crippen MR) is 140 cm³/mol. The summed E-state index contributed by atoms with van der Waals surface area (Å²) >= 11 is 6.56. The van der Waals surface area contributed by atoms with Crippen LogP contribution in [0.3, 0.4) is 0 Å². The van der Waals surface area contributed by atoms with Crippen molar-refractivity contribution in [2.75, 3.05) is 5.32 Å². The first-order valence-electron chi connectivity index (χ1n) is 11.3. The summed E-state index contributed by atoms with van der Waals surface area (Å²) in [6.45, 7) is 3.37. The number of nitrogens with two attached hydrogens (primary N) is 2. The second kappa shape index (κ2) is 10.7. The molecule has 192 valence electrons. The van der Waals surface area contributed by atoms with Crippen molar-refractivity contribution in [2.45, 2.75) is 24.8 Å². The number of carboxylic acid groups (broad SMARTS) is 1. The quantitative estimate of drug-likeness (QED) is 0.289. The molecule has 0 saturated carbocycles. The molecule has 0 bridgehead atoms. The monoisotopic (exact) mass is 522 g/mol. The largest absolute Gasteiger partial charge is 0.478 e. The summed E-state index contributed by atoms with van der Waals surface area (Å²) in [5.41, 5.74) is 8.43. The van der Waals surface area contributed by atoms with Crippen molar-refractivity contribution in [3.05, 3.63) is 101 Å². The van der Waals surface area contributed by atoms with Gasteiger partial charge in [0, 0.05) is 16.3 Å². The van der Waals surface area contributed by atoms with Gasteiger partial charge in [-0.3, -0.25) is 9.59 Å². The third-order valence-electron chi connectivity index (χ3n) is 6.39. The smallest absolute Gasteiger partial charge is 0.335 e. The van der Waals surface area contributed by atoms with E-state index < -0.39 is 40.7 Å². The van der Waals surface area contributed by atoms with Crippen molar-refractivity contribution in [1.29, 1.82) is 0 Å². The molecule has 3 rings (SSSR count). The Balaban J connectivity index is 2.32. The number of nitrogens with one attached hydrogen (secondary N) is 2. The minimum Gasteiger partial charge on any atom is -0.478 e. The van der Waals surface area contributed by atoms with Crippen molar-refractivity contribution >= 4 is 41.1 Å². The molecule has 0 aliphatic carbocycles. The maximum Gasteiger partial charge on any atom is 0.335 e.